The number of carbonyl (C=O) groups excluding carboxylic acids is 2. The van der Waals surface area contributed by atoms with E-state index in [0.717, 1.165) is 41.0 Å². The second-order valence-corrected chi connectivity index (χ2v) is 13.2. The van der Waals surface area contributed by atoms with Crippen molar-refractivity contribution < 1.29 is 38.0 Å². The molecule has 0 N–H and O–H groups in total. The number of methoxy groups -OCH3 is 2. The highest BCUT2D eigenvalue weighted by Gasteiger charge is 2.35. The molecule has 1 saturated heterocycles. The van der Waals surface area contributed by atoms with Crippen molar-refractivity contribution >= 4 is 12.0 Å². The molecule has 0 radical (unpaired) electrons. The molecule has 1 aliphatic heterocycles. The summed E-state index contributed by atoms with van der Waals surface area (Å²) in [5, 5.41) is 0. The molecule has 0 spiro atoms. The molecule has 10 nitrogen and oxygen atoms in total. The van der Waals surface area contributed by atoms with E-state index >= 15 is 0 Å². The monoisotopic (exact) mass is 676 g/mol. The third kappa shape index (κ3) is 11.8. The summed E-state index contributed by atoms with van der Waals surface area (Å²) in [5.74, 6) is 1.59. The molecule has 3 aromatic rings. The van der Waals surface area contributed by atoms with E-state index in [1.54, 1.807) is 31.1 Å². The van der Waals surface area contributed by atoms with Crippen molar-refractivity contribution in [3.63, 3.8) is 0 Å². The molecule has 1 heterocycles. The van der Waals surface area contributed by atoms with Gasteiger partial charge in [0.2, 0.25) is 0 Å². The van der Waals surface area contributed by atoms with Gasteiger partial charge in [0.15, 0.2) is 0 Å². The van der Waals surface area contributed by atoms with Gasteiger partial charge in [-0.2, -0.15) is 0 Å². The van der Waals surface area contributed by atoms with Crippen LogP contribution in [-0.4, -0.2) is 94.2 Å². The molecule has 1 aliphatic rings. The minimum absolute atomic E-state index is 0.0566. The number of para-hydroxylation sites is 1. The zero-order valence-electron chi connectivity index (χ0n) is 29.8. The summed E-state index contributed by atoms with van der Waals surface area (Å²) in [6, 6.07) is 23.5. The highest BCUT2D eigenvalue weighted by molar-refractivity contribution is 5.94. The highest BCUT2D eigenvalue weighted by atomic mass is 16.6. The number of likely N-dealkylation sites (N-methyl/N-ethyl adjacent to an activating group) is 1. The molecule has 2 amide bonds. The molecule has 0 bridgehead atoms. The molecule has 0 aromatic heterocycles. The van der Waals surface area contributed by atoms with Crippen LogP contribution in [0.4, 0.5) is 4.79 Å². The van der Waals surface area contributed by atoms with Crippen LogP contribution in [0.2, 0.25) is 0 Å². The first kappa shape index (κ1) is 37.7. The first-order chi connectivity index (χ1) is 23.6. The average Bonchev–Trinajstić information content (AvgIpc) is 3.10. The molecule has 266 valence electrons. The van der Waals surface area contributed by atoms with Crippen molar-refractivity contribution in [2.45, 2.75) is 64.4 Å². The van der Waals surface area contributed by atoms with Crippen molar-refractivity contribution in [3.05, 3.63) is 95.1 Å². The lowest BCUT2D eigenvalue weighted by Gasteiger charge is -2.39. The van der Waals surface area contributed by atoms with E-state index in [9.17, 15) is 9.59 Å². The first-order valence-electron chi connectivity index (χ1n) is 16.9. The standard InChI is InChI=1S/C39H52N2O8/c1-39(2,3)49-38(43)41-20-19-34(36(26-41)48-27-29-11-9-13-31(25-29)37(42)40(4)21-24-44-5)30-15-17-33(18-16-30)47-23-10-22-46-28-32-12-7-8-14-35(32)45-6/h7-9,11-18,25,34,36H,10,19-24,26-28H2,1-6H3. The van der Waals surface area contributed by atoms with Gasteiger partial charge in [-0.15, -0.1) is 0 Å². The number of ether oxygens (including phenoxy) is 6. The van der Waals surface area contributed by atoms with E-state index in [4.69, 9.17) is 28.4 Å². The van der Waals surface area contributed by atoms with Gasteiger partial charge in [-0.05, 0) is 68.7 Å². The van der Waals surface area contributed by atoms with E-state index in [-0.39, 0.29) is 24.0 Å². The number of likely N-dealkylation sites (tertiary alicyclic amines) is 1. The minimum atomic E-state index is -0.592. The predicted molar refractivity (Wildman–Crippen MR) is 188 cm³/mol. The first-order valence-corrected chi connectivity index (χ1v) is 16.9. The summed E-state index contributed by atoms with van der Waals surface area (Å²) in [4.78, 5) is 29.3. The molecular formula is C39H52N2O8. The van der Waals surface area contributed by atoms with Crippen LogP contribution in [-0.2, 0) is 32.2 Å². The summed E-state index contributed by atoms with van der Waals surface area (Å²) in [6.45, 7) is 9.43. The Labute approximate surface area is 291 Å². The fourth-order valence-electron chi connectivity index (χ4n) is 5.67. The van der Waals surface area contributed by atoms with Gasteiger partial charge in [0.1, 0.15) is 17.1 Å². The van der Waals surface area contributed by atoms with Crippen LogP contribution in [0.1, 0.15) is 66.6 Å². The zero-order chi connectivity index (χ0) is 35.2. The maximum atomic E-state index is 13.0. The zero-order valence-corrected chi connectivity index (χ0v) is 29.8. The summed E-state index contributed by atoms with van der Waals surface area (Å²) >= 11 is 0. The summed E-state index contributed by atoms with van der Waals surface area (Å²) in [5.41, 5.74) is 3.02. The molecular weight excluding hydrogens is 624 g/mol. The maximum absolute atomic E-state index is 13.0. The molecule has 0 aliphatic carbocycles. The van der Waals surface area contributed by atoms with E-state index in [1.165, 1.54) is 0 Å². The number of benzene rings is 3. The normalized spacial score (nSPS) is 16.2. The second kappa shape index (κ2) is 18.6. The van der Waals surface area contributed by atoms with Gasteiger partial charge >= 0.3 is 6.09 Å². The van der Waals surface area contributed by atoms with Crippen molar-refractivity contribution in [3.8, 4) is 11.5 Å². The number of piperidine rings is 1. The van der Waals surface area contributed by atoms with Crippen LogP contribution < -0.4 is 9.47 Å². The molecule has 2 atom stereocenters. The van der Waals surface area contributed by atoms with Crippen LogP contribution in [0.25, 0.3) is 0 Å². The van der Waals surface area contributed by atoms with E-state index in [0.29, 0.717) is 58.2 Å². The van der Waals surface area contributed by atoms with Gasteiger partial charge in [0.05, 0.1) is 52.8 Å². The van der Waals surface area contributed by atoms with Crippen LogP contribution in [0, 0.1) is 0 Å². The highest BCUT2D eigenvalue weighted by Crippen LogP contribution is 2.33. The molecule has 3 aromatic carbocycles. The number of hydrogen-bond donors (Lipinski definition) is 0. The van der Waals surface area contributed by atoms with Crippen molar-refractivity contribution in [2.24, 2.45) is 0 Å². The van der Waals surface area contributed by atoms with Crippen LogP contribution in [0.5, 0.6) is 11.5 Å². The Hall–Kier alpha value is -4.12. The summed E-state index contributed by atoms with van der Waals surface area (Å²) < 4.78 is 34.5. The molecule has 1 fully saturated rings. The van der Waals surface area contributed by atoms with Crippen molar-refractivity contribution in [1.82, 2.24) is 9.80 Å². The Morgan fingerprint density at radius 3 is 2.43 bits per heavy atom. The van der Waals surface area contributed by atoms with E-state index < -0.39 is 5.60 Å². The second-order valence-electron chi connectivity index (χ2n) is 13.2. The minimum Gasteiger partial charge on any atom is -0.496 e. The number of amides is 2. The lowest BCUT2D eigenvalue weighted by atomic mass is 9.87. The van der Waals surface area contributed by atoms with Gasteiger partial charge in [0, 0.05) is 50.7 Å². The van der Waals surface area contributed by atoms with Crippen molar-refractivity contribution in [2.75, 3.05) is 60.7 Å². The molecule has 0 saturated carbocycles. The van der Waals surface area contributed by atoms with Gasteiger partial charge in [-0.3, -0.25) is 4.79 Å². The van der Waals surface area contributed by atoms with E-state index in [2.05, 4.69) is 12.1 Å². The predicted octanol–water partition coefficient (Wildman–Crippen LogP) is 6.71. The van der Waals surface area contributed by atoms with Gasteiger partial charge in [-0.25, -0.2) is 4.79 Å². The fraction of sp³-hybridized carbons (Fsp3) is 0.487. The quantitative estimate of drug-likeness (QED) is 0.155. The molecule has 2 unspecified atom stereocenters. The Morgan fingerprint density at radius 2 is 1.69 bits per heavy atom. The van der Waals surface area contributed by atoms with Crippen molar-refractivity contribution in [1.29, 1.82) is 0 Å². The lowest BCUT2D eigenvalue weighted by molar-refractivity contribution is -0.0359. The fourth-order valence-corrected chi connectivity index (χ4v) is 5.67. The van der Waals surface area contributed by atoms with Crippen LogP contribution in [0.15, 0.2) is 72.8 Å². The van der Waals surface area contributed by atoms with Crippen LogP contribution >= 0.6 is 0 Å². The third-order valence-electron chi connectivity index (χ3n) is 8.29. The Morgan fingerprint density at radius 1 is 0.918 bits per heavy atom. The van der Waals surface area contributed by atoms with E-state index in [1.807, 2.05) is 81.4 Å². The summed E-state index contributed by atoms with van der Waals surface area (Å²) in [7, 11) is 5.04. The molecule has 4 rings (SSSR count). The largest absolute Gasteiger partial charge is 0.496 e. The molecule has 10 heteroatoms. The third-order valence-corrected chi connectivity index (χ3v) is 8.29. The Balaban J connectivity index is 1.35. The lowest BCUT2D eigenvalue weighted by Crippen LogP contribution is -2.48. The molecule has 49 heavy (non-hydrogen) atoms. The van der Waals surface area contributed by atoms with Gasteiger partial charge in [-0.1, -0.05) is 42.5 Å². The number of rotatable bonds is 16. The topological polar surface area (TPSA) is 96.0 Å². The Kier molecular flexibility index (Phi) is 14.3. The summed E-state index contributed by atoms with van der Waals surface area (Å²) in [6.07, 6.45) is 0.849. The van der Waals surface area contributed by atoms with Crippen LogP contribution in [0.3, 0.4) is 0 Å². The number of hydrogen-bond acceptors (Lipinski definition) is 8. The van der Waals surface area contributed by atoms with Gasteiger partial charge < -0.3 is 38.2 Å². The average molecular weight is 677 g/mol. The smallest absolute Gasteiger partial charge is 0.410 e. The van der Waals surface area contributed by atoms with Gasteiger partial charge in [0.25, 0.3) is 5.91 Å². The SMILES string of the molecule is COCCN(C)C(=O)c1cccc(COC2CN(C(=O)OC(C)(C)C)CCC2c2ccc(OCCCOCc3ccccc3OC)cc2)c1. The maximum Gasteiger partial charge on any atom is 0.410 e. The number of carbonyl (C=O) groups is 2. The number of nitrogens with zero attached hydrogens (tertiary/aromatic N) is 2. The Bertz CT molecular complexity index is 1470.